The van der Waals surface area contributed by atoms with E-state index in [1.54, 1.807) is 0 Å². The van der Waals surface area contributed by atoms with Gasteiger partial charge in [-0.3, -0.25) is 4.79 Å². The summed E-state index contributed by atoms with van der Waals surface area (Å²) in [5, 5.41) is 0. The predicted molar refractivity (Wildman–Crippen MR) is 71.2 cm³/mol. The highest BCUT2D eigenvalue weighted by molar-refractivity contribution is 6.69. The van der Waals surface area contributed by atoms with Gasteiger partial charge in [-0.15, -0.1) is 0 Å². The molecule has 4 heteroatoms. The second-order valence-corrected chi connectivity index (χ2v) is 10.5. The molecule has 2 unspecified atom stereocenters. The van der Waals surface area contributed by atoms with E-state index in [4.69, 9.17) is 9.16 Å². The van der Waals surface area contributed by atoms with Crippen molar-refractivity contribution in [1.82, 2.24) is 0 Å². The molecule has 3 nitrogen and oxygen atoms in total. The van der Waals surface area contributed by atoms with Gasteiger partial charge in [0.2, 0.25) is 5.79 Å². The van der Waals surface area contributed by atoms with Crippen LogP contribution in [0.5, 0.6) is 5.75 Å². The Balaban J connectivity index is 2.05. The third kappa shape index (κ3) is 1.71. The van der Waals surface area contributed by atoms with Crippen LogP contribution < -0.4 is 4.74 Å². The van der Waals surface area contributed by atoms with Crippen molar-refractivity contribution < 1.29 is 14.0 Å². The molecule has 1 aliphatic carbocycles. The monoisotopic (exact) mass is 262 g/mol. The first-order valence-corrected chi connectivity index (χ1v) is 9.83. The van der Waals surface area contributed by atoms with Gasteiger partial charge < -0.3 is 9.16 Å². The summed E-state index contributed by atoms with van der Waals surface area (Å²) in [7, 11) is -1.76. The average Bonchev–Trinajstić information content (AvgIpc) is 2.71. The van der Waals surface area contributed by atoms with Gasteiger partial charge in [0.1, 0.15) is 17.5 Å². The first-order valence-electron chi connectivity index (χ1n) is 6.42. The molecule has 2 atom stereocenters. The zero-order valence-corrected chi connectivity index (χ0v) is 12.0. The van der Waals surface area contributed by atoms with Gasteiger partial charge in [0.05, 0.1) is 0 Å². The lowest BCUT2D eigenvalue weighted by molar-refractivity contribution is -0.131. The molecule has 0 N–H and O–H groups in total. The zero-order chi connectivity index (χ0) is 13.0. The fourth-order valence-electron chi connectivity index (χ4n) is 3.00. The van der Waals surface area contributed by atoms with Crippen LogP contribution in [0.2, 0.25) is 19.6 Å². The van der Waals surface area contributed by atoms with Crippen LogP contribution in [0.15, 0.2) is 24.3 Å². The molecular formula is C14H18O3Si. The largest absolute Gasteiger partial charge is 0.462 e. The van der Waals surface area contributed by atoms with Crippen LogP contribution in [0.4, 0.5) is 0 Å². The molecule has 0 saturated heterocycles. The van der Waals surface area contributed by atoms with Crippen molar-refractivity contribution in [2.45, 2.75) is 44.2 Å². The Labute approximate surface area is 108 Å². The van der Waals surface area contributed by atoms with Gasteiger partial charge in [0, 0.05) is 18.4 Å². The number of para-hydroxylation sites is 1. The van der Waals surface area contributed by atoms with Crippen LogP contribution in [-0.4, -0.2) is 19.9 Å². The number of fused-ring (bicyclic) bond motifs is 3. The molecule has 1 heterocycles. The number of carbonyl (C=O) groups excluding carboxylic acids is 1. The molecule has 2 aliphatic rings. The molecule has 96 valence electrons. The second-order valence-electron chi connectivity index (χ2n) is 6.07. The van der Waals surface area contributed by atoms with E-state index in [0.717, 1.165) is 11.3 Å². The number of ether oxygens (including phenoxy) is 1. The first kappa shape index (κ1) is 11.9. The fraction of sp³-hybridized carbons (Fsp3) is 0.500. The lowest BCUT2D eigenvalue weighted by atomic mass is 9.95. The maximum absolute atomic E-state index is 12.2. The summed E-state index contributed by atoms with van der Waals surface area (Å²) < 4.78 is 12.3. The first-order chi connectivity index (χ1) is 8.41. The number of rotatable bonds is 2. The van der Waals surface area contributed by atoms with Crippen molar-refractivity contribution >= 4 is 14.1 Å². The van der Waals surface area contributed by atoms with E-state index in [1.807, 2.05) is 24.3 Å². The minimum Gasteiger partial charge on any atom is -0.462 e. The topological polar surface area (TPSA) is 35.5 Å². The minimum atomic E-state index is -1.76. The maximum Gasteiger partial charge on any atom is 0.216 e. The average molecular weight is 262 g/mol. The number of hydrogen-bond donors (Lipinski definition) is 0. The smallest absolute Gasteiger partial charge is 0.216 e. The molecule has 1 aromatic rings. The van der Waals surface area contributed by atoms with Gasteiger partial charge in [-0.2, -0.15) is 0 Å². The Hall–Kier alpha value is -1.13. The Morgan fingerprint density at radius 1 is 1.33 bits per heavy atom. The van der Waals surface area contributed by atoms with Crippen LogP contribution in [0.1, 0.15) is 24.3 Å². The van der Waals surface area contributed by atoms with E-state index in [9.17, 15) is 4.79 Å². The summed E-state index contributed by atoms with van der Waals surface area (Å²) in [4.78, 5) is 12.2. The van der Waals surface area contributed by atoms with Crippen LogP contribution in [0, 0.1) is 0 Å². The van der Waals surface area contributed by atoms with Crippen molar-refractivity contribution in [2.75, 3.05) is 0 Å². The molecule has 1 aliphatic heterocycles. The summed E-state index contributed by atoms with van der Waals surface area (Å²) in [6, 6.07) is 7.81. The maximum atomic E-state index is 12.2. The molecule has 0 bridgehead atoms. The van der Waals surface area contributed by atoms with Crippen LogP contribution in [0.3, 0.4) is 0 Å². The van der Waals surface area contributed by atoms with Gasteiger partial charge in [-0.1, -0.05) is 18.2 Å². The van der Waals surface area contributed by atoms with Crippen molar-refractivity contribution in [3.63, 3.8) is 0 Å². The lowest BCUT2D eigenvalue weighted by Gasteiger charge is -2.34. The number of carbonyl (C=O) groups is 1. The van der Waals surface area contributed by atoms with E-state index in [1.165, 1.54) is 0 Å². The van der Waals surface area contributed by atoms with Gasteiger partial charge >= 0.3 is 0 Å². The molecule has 1 saturated carbocycles. The summed E-state index contributed by atoms with van der Waals surface area (Å²) >= 11 is 0. The minimum absolute atomic E-state index is 0.222. The Morgan fingerprint density at radius 3 is 2.78 bits per heavy atom. The van der Waals surface area contributed by atoms with Crippen molar-refractivity contribution in [3.05, 3.63) is 29.8 Å². The second kappa shape index (κ2) is 3.68. The Morgan fingerprint density at radius 2 is 2.06 bits per heavy atom. The summed E-state index contributed by atoms with van der Waals surface area (Å²) in [6.45, 7) is 6.40. The summed E-state index contributed by atoms with van der Waals surface area (Å²) in [5.41, 5.74) is 0.998. The molecule has 18 heavy (non-hydrogen) atoms. The normalized spacial score (nSPS) is 29.9. The van der Waals surface area contributed by atoms with Crippen LogP contribution in [-0.2, 0) is 9.22 Å². The zero-order valence-electron chi connectivity index (χ0n) is 11.0. The summed E-state index contributed by atoms with van der Waals surface area (Å²) in [5.74, 6) is 0.123. The molecule has 1 aromatic carbocycles. The van der Waals surface area contributed by atoms with E-state index >= 15 is 0 Å². The van der Waals surface area contributed by atoms with Crippen molar-refractivity contribution in [1.29, 1.82) is 0 Å². The van der Waals surface area contributed by atoms with Gasteiger partial charge in [0.25, 0.3) is 0 Å². The van der Waals surface area contributed by atoms with E-state index < -0.39 is 14.1 Å². The van der Waals surface area contributed by atoms with Gasteiger partial charge in [0.15, 0.2) is 8.32 Å². The van der Waals surface area contributed by atoms with E-state index in [2.05, 4.69) is 19.6 Å². The number of Topliss-reactive ketones (excluding diaryl/α,β-unsaturated/α-hetero) is 1. The molecule has 0 radical (unpaired) electrons. The van der Waals surface area contributed by atoms with Crippen molar-refractivity contribution in [3.8, 4) is 5.75 Å². The van der Waals surface area contributed by atoms with E-state index in [-0.39, 0.29) is 11.7 Å². The summed E-state index contributed by atoms with van der Waals surface area (Å²) in [6.07, 6.45) is 1.24. The molecule has 0 aromatic heterocycles. The predicted octanol–water partition coefficient (Wildman–Crippen LogP) is 3.07. The Bertz CT molecular complexity index is 506. The highest BCUT2D eigenvalue weighted by atomic mass is 28.4. The fourth-order valence-corrected chi connectivity index (χ4v) is 4.30. The van der Waals surface area contributed by atoms with Crippen LogP contribution >= 0.6 is 0 Å². The van der Waals surface area contributed by atoms with Gasteiger partial charge in [-0.25, -0.2) is 0 Å². The third-order valence-corrected chi connectivity index (χ3v) is 4.43. The highest BCUT2D eigenvalue weighted by Crippen LogP contribution is 2.53. The molecule has 3 rings (SSSR count). The molecule has 1 fully saturated rings. The number of benzene rings is 1. The van der Waals surface area contributed by atoms with Crippen LogP contribution in [0.25, 0.3) is 0 Å². The third-order valence-electron chi connectivity index (χ3n) is 3.47. The highest BCUT2D eigenvalue weighted by Gasteiger charge is 2.58. The SMILES string of the molecule is C[Si](C)(C)OC12CCC(=O)C1c1ccccc1O2. The molecular weight excluding hydrogens is 244 g/mol. The number of hydrogen-bond acceptors (Lipinski definition) is 3. The lowest BCUT2D eigenvalue weighted by Crippen LogP contribution is -2.46. The quantitative estimate of drug-likeness (QED) is 0.768. The Kier molecular flexibility index (Phi) is 2.44. The number of ketones is 1. The molecule has 0 amide bonds. The standard InChI is InChI=1S/C14H18O3Si/c1-18(2,3)17-14-9-8-11(15)13(14)10-6-4-5-7-12(10)16-14/h4-7,13H,8-9H2,1-3H3. The van der Waals surface area contributed by atoms with Crippen molar-refractivity contribution in [2.24, 2.45) is 0 Å². The molecule has 0 spiro atoms. The van der Waals surface area contributed by atoms with E-state index in [0.29, 0.717) is 12.8 Å². The van der Waals surface area contributed by atoms with Gasteiger partial charge in [-0.05, 0) is 25.7 Å².